The SMILES string of the molecule is COc1cc(-c2nc(Cn3nnc(C(=O)Nc4ccc(C)cc4)c3N)c(C)o2)cc(OC)c1OC. The van der Waals surface area contributed by atoms with Crippen molar-refractivity contribution in [1.82, 2.24) is 20.0 Å². The summed E-state index contributed by atoms with van der Waals surface area (Å²) in [4.78, 5) is 17.2. The monoisotopic (exact) mass is 478 g/mol. The topological polar surface area (TPSA) is 140 Å². The zero-order chi connectivity index (χ0) is 25.1. The Kier molecular flexibility index (Phi) is 6.58. The number of hydrogen-bond acceptors (Lipinski definition) is 9. The second-order valence-corrected chi connectivity index (χ2v) is 7.74. The molecular formula is C24H26N6O5. The molecule has 2 heterocycles. The first kappa shape index (κ1) is 23.6. The summed E-state index contributed by atoms with van der Waals surface area (Å²) < 4.78 is 23.5. The summed E-state index contributed by atoms with van der Waals surface area (Å²) in [5.41, 5.74) is 9.14. The Morgan fingerprint density at radius 3 is 2.31 bits per heavy atom. The molecule has 182 valence electrons. The number of carbonyl (C=O) groups excluding carboxylic acids is 1. The van der Waals surface area contributed by atoms with Gasteiger partial charge in [-0.1, -0.05) is 22.9 Å². The molecule has 11 heteroatoms. The lowest BCUT2D eigenvalue weighted by Gasteiger charge is -2.12. The molecule has 0 spiro atoms. The Bertz CT molecular complexity index is 1330. The number of hydrogen-bond donors (Lipinski definition) is 2. The highest BCUT2D eigenvalue weighted by Crippen LogP contribution is 2.41. The minimum absolute atomic E-state index is 0.0246. The standard InChI is InChI=1S/C24H26N6O5/c1-13-6-8-16(9-7-13)26-23(31)20-22(25)30(29-28-20)12-17-14(2)35-24(27-17)15-10-18(32-3)21(34-5)19(11-15)33-4/h6-11H,12,25H2,1-5H3,(H,26,31). The fraction of sp³-hybridized carbons (Fsp3) is 0.250. The predicted octanol–water partition coefficient (Wildman–Crippen LogP) is 3.46. The van der Waals surface area contributed by atoms with Crippen LogP contribution in [0, 0.1) is 13.8 Å². The summed E-state index contributed by atoms with van der Waals surface area (Å²) in [6.45, 7) is 3.91. The van der Waals surface area contributed by atoms with Crippen molar-refractivity contribution >= 4 is 17.4 Å². The normalized spacial score (nSPS) is 10.8. The fourth-order valence-corrected chi connectivity index (χ4v) is 3.47. The lowest BCUT2D eigenvalue weighted by Crippen LogP contribution is -2.15. The maximum atomic E-state index is 12.6. The van der Waals surface area contributed by atoms with Gasteiger partial charge in [-0.3, -0.25) is 4.79 Å². The highest BCUT2D eigenvalue weighted by molar-refractivity contribution is 6.05. The molecule has 1 amide bonds. The molecule has 2 aromatic carbocycles. The maximum Gasteiger partial charge on any atom is 0.280 e. The smallest absolute Gasteiger partial charge is 0.280 e. The summed E-state index contributed by atoms with van der Waals surface area (Å²) in [5.74, 6) is 2.00. The van der Waals surface area contributed by atoms with Gasteiger partial charge in [-0.2, -0.15) is 0 Å². The van der Waals surface area contributed by atoms with Crippen LogP contribution in [0.4, 0.5) is 11.5 Å². The maximum absolute atomic E-state index is 12.6. The molecule has 0 aliphatic rings. The molecule has 35 heavy (non-hydrogen) atoms. The van der Waals surface area contributed by atoms with Gasteiger partial charge in [0, 0.05) is 11.3 Å². The van der Waals surface area contributed by atoms with E-state index in [2.05, 4.69) is 20.6 Å². The number of nitrogens with zero attached hydrogens (tertiary/aromatic N) is 4. The van der Waals surface area contributed by atoms with Gasteiger partial charge in [-0.15, -0.1) is 5.10 Å². The van der Waals surface area contributed by atoms with Crippen LogP contribution in [0.5, 0.6) is 17.2 Å². The lowest BCUT2D eigenvalue weighted by atomic mass is 10.2. The van der Waals surface area contributed by atoms with Gasteiger partial charge in [0.05, 0.1) is 27.9 Å². The molecule has 2 aromatic heterocycles. The van der Waals surface area contributed by atoms with Gasteiger partial charge in [0.25, 0.3) is 5.91 Å². The van der Waals surface area contributed by atoms with Crippen LogP contribution in [-0.4, -0.2) is 47.2 Å². The van der Waals surface area contributed by atoms with Crippen LogP contribution in [0.25, 0.3) is 11.5 Å². The third-order valence-corrected chi connectivity index (χ3v) is 5.40. The fourth-order valence-electron chi connectivity index (χ4n) is 3.47. The molecule has 0 unspecified atom stereocenters. The van der Waals surface area contributed by atoms with Gasteiger partial charge < -0.3 is 29.7 Å². The van der Waals surface area contributed by atoms with Crippen molar-refractivity contribution in [3.63, 3.8) is 0 Å². The number of rotatable bonds is 8. The number of aryl methyl sites for hydroxylation is 2. The lowest BCUT2D eigenvalue weighted by molar-refractivity contribution is 0.102. The van der Waals surface area contributed by atoms with Gasteiger partial charge >= 0.3 is 0 Å². The summed E-state index contributed by atoms with van der Waals surface area (Å²) in [5, 5.41) is 10.8. The van der Waals surface area contributed by atoms with Gasteiger partial charge in [-0.25, -0.2) is 9.67 Å². The molecule has 0 bridgehead atoms. The molecule has 0 saturated heterocycles. The van der Waals surface area contributed by atoms with Crippen LogP contribution in [-0.2, 0) is 6.54 Å². The highest BCUT2D eigenvalue weighted by atomic mass is 16.5. The second-order valence-electron chi connectivity index (χ2n) is 7.74. The highest BCUT2D eigenvalue weighted by Gasteiger charge is 2.21. The summed E-state index contributed by atoms with van der Waals surface area (Å²) in [6, 6.07) is 10.9. The van der Waals surface area contributed by atoms with E-state index in [0.717, 1.165) is 5.56 Å². The van der Waals surface area contributed by atoms with Crippen LogP contribution in [0.2, 0.25) is 0 Å². The molecule has 0 fully saturated rings. The number of oxazole rings is 1. The number of carbonyl (C=O) groups is 1. The minimum Gasteiger partial charge on any atom is -0.493 e. The summed E-state index contributed by atoms with van der Waals surface area (Å²) >= 11 is 0. The largest absolute Gasteiger partial charge is 0.493 e. The van der Waals surface area contributed by atoms with E-state index in [1.54, 1.807) is 31.2 Å². The third kappa shape index (κ3) is 4.74. The summed E-state index contributed by atoms with van der Waals surface area (Å²) in [6.07, 6.45) is 0. The number of amides is 1. The molecule has 0 radical (unpaired) electrons. The molecule has 0 aliphatic heterocycles. The first-order valence-corrected chi connectivity index (χ1v) is 10.7. The van der Waals surface area contributed by atoms with Gasteiger partial charge in [-0.05, 0) is 38.1 Å². The van der Waals surface area contributed by atoms with E-state index in [9.17, 15) is 4.79 Å². The number of aromatic nitrogens is 4. The summed E-state index contributed by atoms with van der Waals surface area (Å²) in [7, 11) is 4.60. The van der Waals surface area contributed by atoms with Crippen molar-refractivity contribution in [3.8, 4) is 28.7 Å². The molecule has 4 aromatic rings. The van der Waals surface area contributed by atoms with Crippen LogP contribution in [0.3, 0.4) is 0 Å². The Morgan fingerprint density at radius 1 is 1.06 bits per heavy atom. The van der Waals surface area contributed by atoms with E-state index in [-0.39, 0.29) is 18.1 Å². The molecule has 0 saturated carbocycles. The molecule has 0 aliphatic carbocycles. The van der Waals surface area contributed by atoms with Crippen LogP contribution < -0.4 is 25.3 Å². The van der Waals surface area contributed by atoms with Crippen molar-refractivity contribution < 1.29 is 23.4 Å². The Hall–Kier alpha value is -4.54. The van der Waals surface area contributed by atoms with Gasteiger partial charge in [0.15, 0.2) is 23.0 Å². The van der Waals surface area contributed by atoms with E-state index in [4.69, 9.17) is 24.4 Å². The Balaban J connectivity index is 1.57. The number of nitrogens with two attached hydrogens (primary N) is 1. The number of nitrogen functional groups attached to an aromatic ring is 1. The van der Waals surface area contributed by atoms with Gasteiger partial charge in [0.1, 0.15) is 11.5 Å². The van der Waals surface area contributed by atoms with Crippen molar-refractivity contribution in [1.29, 1.82) is 0 Å². The van der Waals surface area contributed by atoms with E-state index < -0.39 is 5.91 Å². The van der Waals surface area contributed by atoms with Gasteiger partial charge in [0.2, 0.25) is 11.6 Å². The van der Waals surface area contributed by atoms with E-state index in [1.165, 1.54) is 26.0 Å². The Labute approximate surface area is 201 Å². The predicted molar refractivity (Wildman–Crippen MR) is 129 cm³/mol. The zero-order valence-corrected chi connectivity index (χ0v) is 20.1. The first-order chi connectivity index (χ1) is 16.8. The van der Waals surface area contributed by atoms with Crippen molar-refractivity contribution in [2.24, 2.45) is 0 Å². The van der Waals surface area contributed by atoms with E-state index >= 15 is 0 Å². The number of methoxy groups -OCH3 is 3. The number of anilines is 2. The molecule has 3 N–H and O–H groups in total. The zero-order valence-electron chi connectivity index (χ0n) is 20.1. The van der Waals surface area contributed by atoms with Crippen LogP contribution >= 0.6 is 0 Å². The van der Waals surface area contributed by atoms with Crippen LogP contribution in [0.15, 0.2) is 40.8 Å². The minimum atomic E-state index is -0.451. The number of nitrogens with one attached hydrogen (secondary N) is 1. The first-order valence-electron chi connectivity index (χ1n) is 10.7. The molecule has 11 nitrogen and oxygen atoms in total. The average molecular weight is 479 g/mol. The molecular weight excluding hydrogens is 452 g/mol. The van der Waals surface area contributed by atoms with Crippen molar-refractivity contribution in [2.45, 2.75) is 20.4 Å². The van der Waals surface area contributed by atoms with Crippen molar-refractivity contribution in [3.05, 3.63) is 59.1 Å². The Morgan fingerprint density at radius 2 is 1.71 bits per heavy atom. The quantitative estimate of drug-likeness (QED) is 0.390. The second kappa shape index (κ2) is 9.75. The van der Waals surface area contributed by atoms with E-state index in [0.29, 0.717) is 45.8 Å². The molecule has 0 atom stereocenters. The van der Waals surface area contributed by atoms with Crippen molar-refractivity contribution in [2.75, 3.05) is 32.4 Å². The number of benzene rings is 2. The van der Waals surface area contributed by atoms with Crippen LogP contribution in [0.1, 0.15) is 27.5 Å². The number of ether oxygens (including phenoxy) is 3. The van der Waals surface area contributed by atoms with E-state index in [1.807, 2.05) is 19.1 Å². The average Bonchev–Trinajstić information content (AvgIpc) is 3.41. The third-order valence-electron chi connectivity index (χ3n) is 5.40. The molecule has 4 rings (SSSR count).